The Labute approximate surface area is 165 Å². The van der Waals surface area contributed by atoms with Gasteiger partial charge in [0.15, 0.2) is 0 Å². The molecule has 1 aromatic heterocycles. The number of nitrogens with one attached hydrogen (secondary N) is 1. The number of benzene rings is 2. The molecule has 1 heterocycles. The van der Waals surface area contributed by atoms with E-state index in [-0.39, 0.29) is 12.4 Å². The van der Waals surface area contributed by atoms with Crippen LogP contribution in [0.1, 0.15) is 16.7 Å². The molecule has 0 amide bonds. The molecule has 0 saturated heterocycles. The molecule has 0 aliphatic rings. The first-order chi connectivity index (χ1) is 12.6. The van der Waals surface area contributed by atoms with Gasteiger partial charge in [0.2, 0.25) is 0 Å². The molecule has 0 bridgehead atoms. The number of hydrogen-bond donors (Lipinski definition) is 1. The van der Waals surface area contributed by atoms with Crippen LogP contribution in [0.25, 0.3) is 0 Å². The molecule has 0 aliphatic carbocycles. The van der Waals surface area contributed by atoms with Gasteiger partial charge in [-0.25, -0.2) is 4.39 Å². The van der Waals surface area contributed by atoms with E-state index in [1.54, 1.807) is 24.5 Å². The second-order valence-electron chi connectivity index (χ2n) is 5.70. The summed E-state index contributed by atoms with van der Waals surface area (Å²) in [7, 11) is 0. The Morgan fingerprint density at radius 1 is 1.08 bits per heavy atom. The lowest BCUT2D eigenvalue weighted by atomic mass is 10.2. The maximum Gasteiger partial charge on any atom is 0.131 e. The fourth-order valence-corrected chi connectivity index (χ4v) is 3.12. The highest BCUT2D eigenvalue weighted by atomic mass is 79.9. The van der Waals surface area contributed by atoms with E-state index in [1.165, 1.54) is 6.07 Å². The first-order valence-electron chi connectivity index (χ1n) is 8.07. The van der Waals surface area contributed by atoms with Crippen LogP contribution in [0.5, 0.6) is 5.75 Å². The van der Waals surface area contributed by atoms with E-state index in [4.69, 9.17) is 16.3 Å². The standard InChI is InChI=1S/C20H17BrClFN2O/c21-16-4-5-20(26-13-17-18(22)2-1-3-19(17)23)15(10-16)12-25-11-14-6-8-24-9-7-14/h1-10,25H,11-13H2. The fraction of sp³-hybridized carbons (Fsp3) is 0.150. The minimum atomic E-state index is -0.369. The molecule has 3 nitrogen and oxygen atoms in total. The summed E-state index contributed by atoms with van der Waals surface area (Å²) in [4.78, 5) is 4.01. The molecule has 3 rings (SSSR count). The van der Waals surface area contributed by atoms with Crippen LogP contribution in [0.4, 0.5) is 4.39 Å². The molecular formula is C20H17BrClFN2O. The quantitative estimate of drug-likeness (QED) is 0.532. The monoisotopic (exact) mass is 434 g/mol. The summed E-state index contributed by atoms with van der Waals surface area (Å²) < 4.78 is 20.7. The topological polar surface area (TPSA) is 34.1 Å². The van der Waals surface area contributed by atoms with Crippen molar-refractivity contribution in [2.45, 2.75) is 19.7 Å². The van der Waals surface area contributed by atoms with Crippen molar-refractivity contribution >= 4 is 27.5 Å². The van der Waals surface area contributed by atoms with Crippen molar-refractivity contribution in [3.05, 3.63) is 92.9 Å². The summed E-state index contributed by atoms with van der Waals surface area (Å²) in [6, 6.07) is 14.3. The van der Waals surface area contributed by atoms with E-state index in [9.17, 15) is 4.39 Å². The average Bonchev–Trinajstić information content (AvgIpc) is 2.64. The molecular weight excluding hydrogens is 419 g/mol. The van der Waals surface area contributed by atoms with Gasteiger partial charge in [-0.2, -0.15) is 0 Å². The predicted molar refractivity (Wildman–Crippen MR) is 105 cm³/mol. The summed E-state index contributed by atoms with van der Waals surface area (Å²) in [5.74, 6) is 0.321. The number of pyridine rings is 1. The largest absolute Gasteiger partial charge is 0.488 e. The normalized spacial score (nSPS) is 10.7. The van der Waals surface area contributed by atoms with Crippen LogP contribution in [0, 0.1) is 5.82 Å². The highest BCUT2D eigenvalue weighted by Crippen LogP contribution is 2.26. The van der Waals surface area contributed by atoms with E-state index >= 15 is 0 Å². The second-order valence-corrected chi connectivity index (χ2v) is 7.02. The van der Waals surface area contributed by atoms with Crippen LogP contribution >= 0.6 is 27.5 Å². The number of ether oxygens (including phenoxy) is 1. The lowest BCUT2D eigenvalue weighted by Gasteiger charge is -2.14. The van der Waals surface area contributed by atoms with Crippen molar-refractivity contribution in [1.82, 2.24) is 10.3 Å². The summed E-state index contributed by atoms with van der Waals surface area (Å²) >= 11 is 9.55. The van der Waals surface area contributed by atoms with E-state index in [2.05, 4.69) is 26.2 Å². The van der Waals surface area contributed by atoms with Gasteiger partial charge in [-0.1, -0.05) is 33.6 Å². The van der Waals surface area contributed by atoms with Gasteiger partial charge in [0.25, 0.3) is 0 Å². The molecule has 0 atom stereocenters. The molecule has 0 fully saturated rings. The molecule has 0 saturated carbocycles. The van der Waals surface area contributed by atoms with E-state index in [1.807, 2.05) is 30.3 Å². The molecule has 3 aromatic rings. The zero-order valence-corrected chi connectivity index (χ0v) is 16.2. The lowest BCUT2D eigenvalue weighted by Crippen LogP contribution is -2.14. The molecule has 1 N–H and O–H groups in total. The Morgan fingerprint density at radius 2 is 1.88 bits per heavy atom. The number of rotatable bonds is 7. The van der Waals surface area contributed by atoms with Crippen LogP contribution in [-0.2, 0) is 19.7 Å². The minimum absolute atomic E-state index is 0.0739. The third-order valence-electron chi connectivity index (χ3n) is 3.85. The average molecular weight is 436 g/mol. The zero-order valence-electron chi connectivity index (χ0n) is 13.9. The van der Waals surface area contributed by atoms with Crippen molar-refractivity contribution in [2.75, 3.05) is 0 Å². The van der Waals surface area contributed by atoms with Crippen LogP contribution in [0.3, 0.4) is 0 Å². The van der Waals surface area contributed by atoms with Gasteiger partial charge >= 0.3 is 0 Å². The van der Waals surface area contributed by atoms with Crippen molar-refractivity contribution in [2.24, 2.45) is 0 Å². The maximum absolute atomic E-state index is 13.9. The van der Waals surface area contributed by atoms with Gasteiger partial charge in [0.1, 0.15) is 18.2 Å². The van der Waals surface area contributed by atoms with Gasteiger partial charge in [0.05, 0.1) is 5.02 Å². The fourth-order valence-electron chi connectivity index (χ4n) is 2.49. The van der Waals surface area contributed by atoms with Gasteiger partial charge < -0.3 is 10.1 Å². The van der Waals surface area contributed by atoms with Gasteiger partial charge in [-0.05, 0) is 48.0 Å². The van der Waals surface area contributed by atoms with Crippen LogP contribution in [-0.4, -0.2) is 4.98 Å². The van der Waals surface area contributed by atoms with Gasteiger partial charge in [-0.15, -0.1) is 0 Å². The highest BCUT2D eigenvalue weighted by molar-refractivity contribution is 9.10. The Balaban J connectivity index is 1.67. The number of aromatic nitrogens is 1. The van der Waals surface area contributed by atoms with Crippen molar-refractivity contribution in [3.63, 3.8) is 0 Å². The SMILES string of the molecule is Fc1cccc(Cl)c1COc1ccc(Br)cc1CNCc1ccncc1. The third kappa shape index (κ3) is 5.04. The van der Waals surface area contributed by atoms with Crippen LogP contribution in [0.2, 0.25) is 5.02 Å². The van der Waals surface area contributed by atoms with Crippen LogP contribution in [0.15, 0.2) is 65.4 Å². The minimum Gasteiger partial charge on any atom is -0.488 e. The Hall–Kier alpha value is -1.95. The molecule has 2 aromatic carbocycles. The Bertz CT molecular complexity index is 857. The maximum atomic E-state index is 13.9. The van der Waals surface area contributed by atoms with Crippen molar-refractivity contribution < 1.29 is 9.13 Å². The van der Waals surface area contributed by atoms with E-state index in [0.717, 1.165) is 15.6 Å². The molecule has 0 spiro atoms. The number of hydrogen-bond acceptors (Lipinski definition) is 3. The lowest BCUT2D eigenvalue weighted by molar-refractivity contribution is 0.296. The van der Waals surface area contributed by atoms with Gasteiger partial charge in [0, 0.05) is 41.1 Å². The molecule has 0 radical (unpaired) electrons. The molecule has 0 unspecified atom stereocenters. The van der Waals surface area contributed by atoms with E-state index < -0.39 is 0 Å². The second kappa shape index (κ2) is 9.12. The number of nitrogens with zero attached hydrogens (tertiary/aromatic N) is 1. The first-order valence-corrected chi connectivity index (χ1v) is 9.24. The molecule has 134 valence electrons. The Kier molecular flexibility index (Phi) is 6.61. The van der Waals surface area contributed by atoms with Crippen molar-refractivity contribution in [1.29, 1.82) is 0 Å². The summed E-state index contributed by atoms with van der Waals surface area (Å²) in [5, 5.41) is 3.74. The third-order valence-corrected chi connectivity index (χ3v) is 4.70. The Morgan fingerprint density at radius 3 is 2.65 bits per heavy atom. The van der Waals surface area contributed by atoms with Gasteiger partial charge in [-0.3, -0.25) is 4.98 Å². The highest BCUT2D eigenvalue weighted by Gasteiger charge is 2.10. The first kappa shape index (κ1) is 18.8. The van der Waals surface area contributed by atoms with E-state index in [0.29, 0.717) is 29.4 Å². The number of halogens is 3. The molecule has 26 heavy (non-hydrogen) atoms. The molecule has 6 heteroatoms. The summed E-state index contributed by atoms with van der Waals surface area (Å²) in [6.07, 6.45) is 3.53. The summed E-state index contributed by atoms with van der Waals surface area (Å²) in [5.41, 5.74) is 2.48. The van der Waals surface area contributed by atoms with Crippen molar-refractivity contribution in [3.8, 4) is 5.75 Å². The summed E-state index contributed by atoms with van der Waals surface area (Å²) in [6.45, 7) is 1.40. The molecule has 0 aliphatic heterocycles. The van der Waals surface area contributed by atoms with Crippen LogP contribution < -0.4 is 10.1 Å². The predicted octanol–water partition coefficient (Wildman–Crippen LogP) is 5.51. The smallest absolute Gasteiger partial charge is 0.131 e. The zero-order chi connectivity index (χ0) is 18.4.